The number of aliphatic hydroxyl groups excluding tert-OH is 1. The molecule has 0 aromatic heterocycles. The predicted molar refractivity (Wildman–Crippen MR) is 76.4 cm³/mol. The van der Waals surface area contributed by atoms with Gasteiger partial charge in [0.25, 0.3) is 0 Å². The molecule has 19 heavy (non-hydrogen) atoms. The van der Waals surface area contributed by atoms with E-state index in [2.05, 4.69) is 23.9 Å². The molecule has 1 N–H and O–H groups in total. The second kappa shape index (κ2) is 8.87. The van der Waals surface area contributed by atoms with Crippen molar-refractivity contribution in [2.45, 2.75) is 38.0 Å². The van der Waals surface area contributed by atoms with Crippen molar-refractivity contribution in [3.05, 3.63) is 0 Å². The van der Waals surface area contributed by atoms with Gasteiger partial charge in [-0.2, -0.15) is 0 Å². The van der Waals surface area contributed by atoms with Gasteiger partial charge in [-0.1, -0.05) is 0 Å². The monoisotopic (exact) mass is 274 g/mol. The summed E-state index contributed by atoms with van der Waals surface area (Å²) >= 11 is 0. The molecule has 0 amide bonds. The van der Waals surface area contributed by atoms with Gasteiger partial charge in [0.1, 0.15) is 0 Å². The minimum Gasteiger partial charge on any atom is -0.389 e. The van der Waals surface area contributed by atoms with Crippen molar-refractivity contribution in [3.8, 4) is 0 Å². The first kappa shape index (κ1) is 16.9. The van der Waals surface area contributed by atoms with Gasteiger partial charge in [-0.05, 0) is 47.0 Å². The molecule has 1 saturated heterocycles. The van der Waals surface area contributed by atoms with E-state index in [1.54, 1.807) is 7.11 Å². The smallest absolute Gasteiger partial charge is 0.0900 e. The lowest BCUT2D eigenvalue weighted by molar-refractivity contribution is -0.0422. The van der Waals surface area contributed by atoms with Crippen molar-refractivity contribution in [2.75, 3.05) is 54.1 Å². The third-order valence-electron chi connectivity index (χ3n) is 3.78. The Labute approximate surface area is 117 Å². The molecule has 0 aromatic rings. The number of likely N-dealkylation sites (N-methyl/N-ethyl adjacent to an activating group) is 1. The lowest BCUT2D eigenvalue weighted by Crippen LogP contribution is -2.45. The van der Waals surface area contributed by atoms with Crippen molar-refractivity contribution in [3.63, 3.8) is 0 Å². The molecule has 1 rings (SSSR count). The van der Waals surface area contributed by atoms with E-state index in [-0.39, 0.29) is 6.10 Å². The third kappa shape index (κ3) is 6.68. The van der Waals surface area contributed by atoms with Gasteiger partial charge < -0.3 is 24.4 Å². The lowest BCUT2D eigenvalue weighted by Gasteiger charge is -2.36. The Morgan fingerprint density at radius 1 is 1.32 bits per heavy atom. The van der Waals surface area contributed by atoms with Crippen molar-refractivity contribution < 1.29 is 14.6 Å². The van der Waals surface area contributed by atoms with Crippen LogP contribution in [0.4, 0.5) is 0 Å². The summed E-state index contributed by atoms with van der Waals surface area (Å²) < 4.78 is 10.5. The van der Waals surface area contributed by atoms with Crippen LogP contribution in [0.3, 0.4) is 0 Å². The van der Waals surface area contributed by atoms with E-state index in [0.29, 0.717) is 25.8 Å². The fourth-order valence-electron chi connectivity index (χ4n) is 2.53. The molecule has 1 heterocycles. The Morgan fingerprint density at radius 3 is 2.53 bits per heavy atom. The van der Waals surface area contributed by atoms with Crippen LogP contribution in [0, 0.1) is 0 Å². The second-order valence-electron chi connectivity index (χ2n) is 5.73. The zero-order chi connectivity index (χ0) is 14.3. The van der Waals surface area contributed by atoms with Crippen LogP contribution >= 0.6 is 0 Å². The van der Waals surface area contributed by atoms with Gasteiger partial charge in [0.15, 0.2) is 0 Å². The van der Waals surface area contributed by atoms with Crippen molar-refractivity contribution in [1.82, 2.24) is 9.80 Å². The second-order valence-corrected chi connectivity index (χ2v) is 5.73. The number of ether oxygens (including phenoxy) is 2. The summed E-state index contributed by atoms with van der Waals surface area (Å²) in [6, 6.07) is 0.585. The van der Waals surface area contributed by atoms with Gasteiger partial charge in [-0.15, -0.1) is 0 Å². The molecule has 2 unspecified atom stereocenters. The number of hydrogen-bond acceptors (Lipinski definition) is 5. The molecular weight excluding hydrogens is 244 g/mol. The maximum atomic E-state index is 10.0. The van der Waals surface area contributed by atoms with Crippen LogP contribution in [0.2, 0.25) is 0 Å². The average Bonchev–Trinajstić information content (AvgIpc) is 2.37. The number of rotatable bonds is 8. The molecule has 1 fully saturated rings. The summed E-state index contributed by atoms with van der Waals surface area (Å²) in [5, 5.41) is 10.0. The molecule has 5 nitrogen and oxygen atoms in total. The van der Waals surface area contributed by atoms with Crippen LogP contribution in [0.15, 0.2) is 0 Å². The van der Waals surface area contributed by atoms with Crippen LogP contribution in [0.5, 0.6) is 0 Å². The highest BCUT2D eigenvalue weighted by Gasteiger charge is 2.22. The van der Waals surface area contributed by atoms with Crippen LogP contribution in [0.1, 0.15) is 19.8 Å². The van der Waals surface area contributed by atoms with Crippen LogP contribution in [-0.2, 0) is 9.47 Å². The highest BCUT2D eigenvalue weighted by molar-refractivity contribution is 4.78. The summed E-state index contributed by atoms with van der Waals surface area (Å²) in [6.07, 6.45) is 1.97. The average molecular weight is 274 g/mol. The molecule has 1 aliphatic heterocycles. The molecule has 1 aliphatic rings. The van der Waals surface area contributed by atoms with E-state index in [1.807, 2.05) is 6.92 Å². The number of methoxy groups -OCH3 is 1. The minimum absolute atomic E-state index is 0.0355. The van der Waals surface area contributed by atoms with E-state index < -0.39 is 6.10 Å². The summed E-state index contributed by atoms with van der Waals surface area (Å²) in [7, 11) is 5.91. The van der Waals surface area contributed by atoms with E-state index in [9.17, 15) is 5.11 Å². The third-order valence-corrected chi connectivity index (χ3v) is 3.78. The quantitative estimate of drug-likeness (QED) is 0.695. The lowest BCUT2D eigenvalue weighted by atomic mass is 10.0. The molecule has 0 radical (unpaired) electrons. The zero-order valence-corrected chi connectivity index (χ0v) is 12.8. The molecule has 2 atom stereocenters. The maximum absolute atomic E-state index is 10.0. The van der Waals surface area contributed by atoms with Crippen molar-refractivity contribution >= 4 is 0 Å². The van der Waals surface area contributed by atoms with Gasteiger partial charge in [0.2, 0.25) is 0 Å². The van der Waals surface area contributed by atoms with Gasteiger partial charge in [-0.25, -0.2) is 0 Å². The topological polar surface area (TPSA) is 45.2 Å². The van der Waals surface area contributed by atoms with E-state index in [1.165, 1.54) is 12.8 Å². The Kier molecular flexibility index (Phi) is 7.87. The van der Waals surface area contributed by atoms with Crippen LogP contribution in [0.25, 0.3) is 0 Å². The fourth-order valence-corrected chi connectivity index (χ4v) is 2.53. The largest absolute Gasteiger partial charge is 0.389 e. The minimum atomic E-state index is -0.427. The first-order valence-corrected chi connectivity index (χ1v) is 7.20. The molecule has 0 saturated carbocycles. The molecular formula is C14H30N2O3. The maximum Gasteiger partial charge on any atom is 0.0900 e. The van der Waals surface area contributed by atoms with Gasteiger partial charge in [0, 0.05) is 19.7 Å². The summed E-state index contributed by atoms with van der Waals surface area (Å²) in [6.45, 7) is 5.86. The standard InChI is InChI=1S/C14H30N2O3/c1-12(10-18-4)19-11-14(17)9-16(3)13-5-7-15(2)8-6-13/h12-14,17H,5-11H2,1-4H3. The molecule has 0 aromatic carbocycles. The molecule has 0 bridgehead atoms. The van der Waals surface area contributed by atoms with Gasteiger partial charge in [0.05, 0.1) is 25.4 Å². The van der Waals surface area contributed by atoms with Crippen LogP contribution in [-0.4, -0.2) is 87.2 Å². The summed E-state index contributed by atoms with van der Waals surface area (Å²) in [4.78, 5) is 4.62. The van der Waals surface area contributed by atoms with E-state index >= 15 is 0 Å². The van der Waals surface area contributed by atoms with Crippen molar-refractivity contribution in [1.29, 1.82) is 0 Å². The number of piperidine rings is 1. The highest BCUT2D eigenvalue weighted by Crippen LogP contribution is 2.14. The number of aliphatic hydroxyl groups is 1. The normalized spacial score (nSPS) is 21.8. The molecule has 114 valence electrons. The Balaban J connectivity index is 2.18. The number of hydrogen-bond donors (Lipinski definition) is 1. The van der Waals surface area contributed by atoms with Gasteiger partial charge in [-0.3, -0.25) is 0 Å². The molecule has 5 heteroatoms. The first-order valence-electron chi connectivity index (χ1n) is 7.20. The molecule has 0 aliphatic carbocycles. The SMILES string of the molecule is COCC(C)OCC(O)CN(C)C1CCN(C)CC1. The number of nitrogens with zero attached hydrogens (tertiary/aromatic N) is 2. The fraction of sp³-hybridized carbons (Fsp3) is 1.00. The Hall–Kier alpha value is -0.200. The van der Waals surface area contributed by atoms with E-state index in [4.69, 9.17) is 9.47 Å². The summed E-state index contributed by atoms with van der Waals surface area (Å²) in [5.41, 5.74) is 0. The van der Waals surface area contributed by atoms with Crippen molar-refractivity contribution in [2.24, 2.45) is 0 Å². The van der Waals surface area contributed by atoms with Crippen LogP contribution < -0.4 is 0 Å². The zero-order valence-electron chi connectivity index (χ0n) is 12.8. The highest BCUT2D eigenvalue weighted by atomic mass is 16.5. The Morgan fingerprint density at radius 2 is 1.95 bits per heavy atom. The Bertz CT molecular complexity index is 233. The van der Waals surface area contributed by atoms with E-state index in [0.717, 1.165) is 13.1 Å². The predicted octanol–water partition coefficient (Wildman–Crippen LogP) is 0.425. The molecule has 0 spiro atoms. The van der Waals surface area contributed by atoms with Gasteiger partial charge >= 0.3 is 0 Å². The summed E-state index contributed by atoms with van der Waals surface area (Å²) in [5.74, 6) is 0. The first-order chi connectivity index (χ1) is 9.02. The number of likely N-dealkylation sites (tertiary alicyclic amines) is 1.